The minimum Gasteiger partial charge on any atom is -0.319 e. The molecule has 2 aromatic rings. The highest BCUT2D eigenvalue weighted by atomic mass is 19.1. The second-order valence-electron chi connectivity index (χ2n) is 5.11. The van der Waals surface area contributed by atoms with E-state index in [2.05, 4.69) is 5.32 Å². The van der Waals surface area contributed by atoms with Crippen molar-refractivity contribution in [2.75, 3.05) is 10.2 Å². The van der Waals surface area contributed by atoms with Crippen LogP contribution in [-0.4, -0.2) is 17.7 Å². The van der Waals surface area contributed by atoms with Crippen molar-refractivity contribution in [2.24, 2.45) is 0 Å². The van der Waals surface area contributed by atoms with Crippen LogP contribution in [0.4, 0.5) is 15.8 Å². The summed E-state index contributed by atoms with van der Waals surface area (Å²) in [5, 5.41) is 2.46. The Hall–Kier alpha value is -3.02. The molecule has 1 fully saturated rings. The van der Waals surface area contributed by atoms with Gasteiger partial charge in [0.1, 0.15) is 5.82 Å². The first-order valence-electron chi connectivity index (χ1n) is 7.08. The van der Waals surface area contributed by atoms with E-state index in [1.165, 1.54) is 30.3 Å². The quantitative estimate of drug-likeness (QED) is 0.886. The van der Waals surface area contributed by atoms with Crippen molar-refractivity contribution in [2.45, 2.75) is 12.8 Å². The highest BCUT2D eigenvalue weighted by molar-refractivity contribution is 6.20. The monoisotopic (exact) mass is 312 g/mol. The Morgan fingerprint density at radius 1 is 1.00 bits per heavy atom. The predicted octanol–water partition coefficient (Wildman–Crippen LogP) is 2.73. The number of carbonyl (C=O) groups is 3. The summed E-state index contributed by atoms with van der Waals surface area (Å²) in [7, 11) is 0. The smallest absolute Gasteiger partial charge is 0.255 e. The Morgan fingerprint density at radius 2 is 1.70 bits per heavy atom. The Bertz CT molecular complexity index is 788. The summed E-state index contributed by atoms with van der Waals surface area (Å²) in [5.41, 5.74) is 0.646. The van der Waals surface area contributed by atoms with Gasteiger partial charge in [0.25, 0.3) is 5.91 Å². The van der Waals surface area contributed by atoms with E-state index in [0.29, 0.717) is 5.69 Å². The number of nitrogens with zero attached hydrogens (tertiary/aromatic N) is 1. The van der Waals surface area contributed by atoms with Crippen LogP contribution < -0.4 is 10.2 Å². The van der Waals surface area contributed by atoms with Crippen LogP contribution in [0.15, 0.2) is 48.5 Å². The molecule has 6 heteroatoms. The predicted molar refractivity (Wildman–Crippen MR) is 82.5 cm³/mol. The van der Waals surface area contributed by atoms with E-state index in [9.17, 15) is 18.8 Å². The molecule has 5 nitrogen and oxygen atoms in total. The van der Waals surface area contributed by atoms with Crippen molar-refractivity contribution in [1.82, 2.24) is 0 Å². The van der Waals surface area contributed by atoms with Crippen LogP contribution in [0.1, 0.15) is 23.2 Å². The second kappa shape index (κ2) is 6.00. The molecule has 0 saturated carbocycles. The summed E-state index contributed by atoms with van der Waals surface area (Å²) >= 11 is 0. The fraction of sp³-hybridized carbons (Fsp3) is 0.118. The van der Waals surface area contributed by atoms with Gasteiger partial charge in [-0.05, 0) is 30.3 Å². The molecule has 1 aliphatic heterocycles. The highest BCUT2D eigenvalue weighted by Crippen LogP contribution is 2.24. The van der Waals surface area contributed by atoms with Crippen molar-refractivity contribution in [3.8, 4) is 0 Å². The Morgan fingerprint density at radius 3 is 2.39 bits per heavy atom. The van der Waals surface area contributed by atoms with E-state index in [0.717, 1.165) is 4.90 Å². The zero-order valence-corrected chi connectivity index (χ0v) is 12.1. The van der Waals surface area contributed by atoms with Crippen molar-refractivity contribution < 1.29 is 18.8 Å². The minimum atomic E-state index is -0.540. The number of anilines is 2. The standard InChI is InChI=1S/C17H13FN2O3/c18-13-6-1-2-7-14(13)19-17(23)11-4-3-5-12(10-11)20-15(21)8-9-16(20)22/h1-7,10H,8-9H2,(H,19,23). The normalized spacial score (nSPS) is 14.2. The average Bonchev–Trinajstić information content (AvgIpc) is 2.88. The van der Waals surface area contributed by atoms with Gasteiger partial charge >= 0.3 is 0 Å². The molecule has 23 heavy (non-hydrogen) atoms. The average molecular weight is 312 g/mol. The number of nitrogens with one attached hydrogen (secondary N) is 1. The summed E-state index contributed by atoms with van der Waals surface area (Å²) in [6.45, 7) is 0. The molecule has 1 saturated heterocycles. The van der Waals surface area contributed by atoms with Crippen LogP contribution in [0, 0.1) is 5.82 Å². The maximum atomic E-state index is 13.6. The van der Waals surface area contributed by atoms with Crippen LogP contribution in [0.3, 0.4) is 0 Å². The summed E-state index contributed by atoms with van der Waals surface area (Å²) in [6.07, 6.45) is 0.342. The molecule has 1 N–H and O–H groups in total. The molecule has 0 bridgehead atoms. The Labute approximate surface area is 131 Å². The van der Waals surface area contributed by atoms with Crippen molar-refractivity contribution in [3.63, 3.8) is 0 Å². The minimum absolute atomic E-state index is 0.0660. The molecule has 0 radical (unpaired) electrons. The summed E-state index contributed by atoms with van der Waals surface area (Å²) in [4.78, 5) is 36.8. The van der Waals surface area contributed by atoms with Crippen molar-refractivity contribution in [1.29, 1.82) is 0 Å². The van der Waals surface area contributed by atoms with Gasteiger partial charge < -0.3 is 5.32 Å². The molecule has 116 valence electrons. The second-order valence-corrected chi connectivity index (χ2v) is 5.11. The summed E-state index contributed by atoms with van der Waals surface area (Å²) in [5.74, 6) is -1.64. The van der Waals surface area contributed by atoms with Crippen LogP contribution in [-0.2, 0) is 9.59 Å². The lowest BCUT2D eigenvalue weighted by Gasteiger charge is -2.15. The third-order valence-corrected chi connectivity index (χ3v) is 3.54. The number of hydrogen-bond acceptors (Lipinski definition) is 3. The summed E-state index contributed by atoms with van der Waals surface area (Å²) < 4.78 is 13.6. The fourth-order valence-corrected chi connectivity index (χ4v) is 2.41. The first-order valence-corrected chi connectivity index (χ1v) is 7.08. The number of rotatable bonds is 3. The zero-order valence-electron chi connectivity index (χ0n) is 12.1. The first kappa shape index (κ1) is 14.9. The third kappa shape index (κ3) is 2.96. The van der Waals surface area contributed by atoms with Crippen molar-refractivity contribution in [3.05, 3.63) is 59.9 Å². The van der Waals surface area contributed by atoms with E-state index in [4.69, 9.17) is 0 Å². The molecule has 2 aromatic carbocycles. The first-order chi connectivity index (χ1) is 11.1. The molecular weight excluding hydrogens is 299 g/mol. The van der Waals surface area contributed by atoms with E-state index in [-0.39, 0.29) is 35.9 Å². The molecule has 0 atom stereocenters. The van der Waals surface area contributed by atoms with Gasteiger partial charge in [0.2, 0.25) is 11.8 Å². The molecule has 3 rings (SSSR count). The summed E-state index contributed by atoms with van der Waals surface area (Å²) in [6, 6.07) is 12.0. The molecule has 0 aliphatic carbocycles. The molecule has 0 unspecified atom stereocenters. The lowest BCUT2D eigenvalue weighted by molar-refractivity contribution is -0.121. The van der Waals surface area contributed by atoms with Gasteiger partial charge in [-0.3, -0.25) is 19.3 Å². The Kier molecular flexibility index (Phi) is 3.89. The topological polar surface area (TPSA) is 66.5 Å². The lowest BCUT2D eigenvalue weighted by atomic mass is 10.1. The largest absolute Gasteiger partial charge is 0.319 e. The van der Waals surface area contributed by atoms with E-state index >= 15 is 0 Å². The van der Waals surface area contributed by atoms with E-state index < -0.39 is 11.7 Å². The number of carbonyl (C=O) groups excluding carboxylic acids is 3. The highest BCUT2D eigenvalue weighted by Gasteiger charge is 2.30. The maximum absolute atomic E-state index is 13.6. The van der Waals surface area contributed by atoms with Crippen molar-refractivity contribution >= 4 is 29.1 Å². The molecule has 1 heterocycles. The van der Waals surface area contributed by atoms with Gasteiger partial charge in [-0.15, -0.1) is 0 Å². The number of halogens is 1. The van der Waals surface area contributed by atoms with Gasteiger partial charge in [-0.2, -0.15) is 0 Å². The molecule has 0 aromatic heterocycles. The van der Waals surface area contributed by atoms with Crippen LogP contribution in [0.25, 0.3) is 0 Å². The number of amides is 3. The van der Waals surface area contributed by atoms with E-state index in [1.54, 1.807) is 18.2 Å². The molecule has 1 aliphatic rings. The number of hydrogen-bond donors (Lipinski definition) is 1. The van der Waals surface area contributed by atoms with Crippen LogP contribution >= 0.6 is 0 Å². The van der Waals surface area contributed by atoms with Crippen LogP contribution in [0.2, 0.25) is 0 Å². The maximum Gasteiger partial charge on any atom is 0.255 e. The van der Waals surface area contributed by atoms with Gasteiger partial charge in [-0.1, -0.05) is 18.2 Å². The van der Waals surface area contributed by atoms with Gasteiger partial charge in [0.15, 0.2) is 0 Å². The lowest BCUT2D eigenvalue weighted by Crippen LogP contribution is -2.28. The fourth-order valence-electron chi connectivity index (χ4n) is 2.41. The SMILES string of the molecule is O=C(Nc1ccccc1F)c1cccc(N2C(=O)CCC2=O)c1. The third-order valence-electron chi connectivity index (χ3n) is 3.54. The number of para-hydroxylation sites is 1. The molecule has 3 amide bonds. The number of imide groups is 1. The van der Waals surface area contributed by atoms with E-state index in [1.807, 2.05) is 0 Å². The van der Waals surface area contributed by atoms with Gasteiger partial charge in [0.05, 0.1) is 11.4 Å². The zero-order chi connectivity index (χ0) is 16.4. The van der Waals surface area contributed by atoms with Gasteiger partial charge in [-0.25, -0.2) is 4.39 Å². The Balaban J connectivity index is 1.85. The molecule has 0 spiro atoms. The van der Waals surface area contributed by atoms with Gasteiger partial charge in [0, 0.05) is 18.4 Å². The number of benzene rings is 2. The molecular formula is C17H13FN2O3. The van der Waals surface area contributed by atoms with Crippen LogP contribution in [0.5, 0.6) is 0 Å².